The first-order valence-corrected chi connectivity index (χ1v) is 12.4. The molecule has 1 unspecified atom stereocenters. The smallest absolute Gasteiger partial charge is 0.338 e. The van der Waals surface area contributed by atoms with E-state index in [2.05, 4.69) is 5.48 Å². The summed E-state index contributed by atoms with van der Waals surface area (Å²) in [5, 5.41) is 0. The van der Waals surface area contributed by atoms with E-state index in [0.717, 1.165) is 36.8 Å². The van der Waals surface area contributed by atoms with Crippen LogP contribution in [0.2, 0.25) is 0 Å². The minimum absolute atomic E-state index is 0.137. The standard InChI is InChI=1S/C28H37NO6/c1-3-5-17-33-27(31)25(15-16-26(30)29-35-18-6-4-2)20-23-13-10-14-24(19-23)28(32)34-21-22-11-8-7-9-12-22/h7-14,19,25H,3-6,15-18,20-21H2,1-2H3,(H,29,30). The number of esters is 2. The topological polar surface area (TPSA) is 90.9 Å². The number of unbranched alkanes of at least 4 members (excludes halogenated alkanes) is 2. The van der Waals surface area contributed by atoms with Gasteiger partial charge in [-0.3, -0.25) is 14.4 Å². The third-order valence-electron chi connectivity index (χ3n) is 5.44. The molecule has 0 aliphatic rings. The third kappa shape index (κ3) is 11.2. The number of benzene rings is 2. The van der Waals surface area contributed by atoms with E-state index in [4.69, 9.17) is 14.3 Å². The lowest BCUT2D eigenvalue weighted by atomic mass is 9.93. The number of amides is 1. The van der Waals surface area contributed by atoms with E-state index >= 15 is 0 Å². The first-order valence-electron chi connectivity index (χ1n) is 12.4. The van der Waals surface area contributed by atoms with Crippen molar-refractivity contribution in [2.24, 2.45) is 5.92 Å². The zero-order valence-corrected chi connectivity index (χ0v) is 20.8. The Hall–Kier alpha value is -3.19. The van der Waals surface area contributed by atoms with Crippen molar-refractivity contribution in [3.63, 3.8) is 0 Å². The highest BCUT2D eigenvalue weighted by molar-refractivity contribution is 5.89. The molecule has 0 aliphatic heterocycles. The molecule has 0 spiro atoms. The first-order chi connectivity index (χ1) is 17.0. The van der Waals surface area contributed by atoms with E-state index in [1.54, 1.807) is 18.2 Å². The molecule has 0 heterocycles. The van der Waals surface area contributed by atoms with Gasteiger partial charge in [0, 0.05) is 6.42 Å². The molecule has 0 radical (unpaired) electrons. The second-order valence-corrected chi connectivity index (χ2v) is 8.45. The molecule has 7 nitrogen and oxygen atoms in total. The lowest BCUT2D eigenvalue weighted by Gasteiger charge is -2.16. The van der Waals surface area contributed by atoms with Crippen LogP contribution in [0.3, 0.4) is 0 Å². The number of hydrogen-bond donors (Lipinski definition) is 1. The SMILES string of the molecule is CCCCONC(=O)CCC(Cc1cccc(C(=O)OCc2ccccc2)c1)C(=O)OCCCC. The molecule has 0 aliphatic carbocycles. The summed E-state index contributed by atoms with van der Waals surface area (Å²) in [5.74, 6) is -1.55. The molecular weight excluding hydrogens is 446 g/mol. The molecule has 2 aromatic carbocycles. The summed E-state index contributed by atoms with van der Waals surface area (Å²) in [5.41, 5.74) is 4.55. The van der Waals surface area contributed by atoms with Gasteiger partial charge in [-0.15, -0.1) is 0 Å². The van der Waals surface area contributed by atoms with Crippen LogP contribution in [0, 0.1) is 5.92 Å². The Labute approximate surface area is 208 Å². The predicted octanol–water partition coefficient (Wildman–Crippen LogP) is 5.17. The maximum atomic E-state index is 12.7. The summed E-state index contributed by atoms with van der Waals surface area (Å²) >= 11 is 0. The zero-order chi connectivity index (χ0) is 25.3. The van der Waals surface area contributed by atoms with Crippen molar-refractivity contribution in [1.29, 1.82) is 0 Å². The second kappa shape index (κ2) is 16.4. The van der Waals surface area contributed by atoms with Gasteiger partial charge >= 0.3 is 11.9 Å². The molecule has 0 saturated heterocycles. The molecule has 2 aromatic rings. The fraction of sp³-hybridized carbons (Fsp3) is 0.464. The summed E-state index contributed by atoms with van der Waals surface area (Å²) in [6, 6.07) is 16.5. The Morgan fingerprint density at radius 2 is 1.57 bits per heavy atom. The van der Waals surface area contributed by atoms with Crippen molar-refractivity contribution in [3.8, 4) is 0 Å². The summed E-state index contributed by atoms with van der Waals surface area (Å²) in [4.78, 5) is 42.6. The maximum Gasteiger partial charge on any atom is 0.338 e. The molecule has 0 aromatic heterocycles. The zero-order valence-electron chi connectivity index (χ0n) is 20.8. The molecule has 1 N–H and O–H groups in total. The van der Waals surface area contributed by atoms with Crippen molar-refractivity contribution >= 4 is 17.8 Å². The number of hydrogen-bond acceptors (Lipinski definition) is 6. The number of carbonyl (C=O) groups excluding carboxylic acids is 3. The van der Waals surface area contributed by atoms with Crippen LogP contribution >= 0.6 is 0 Å². The number of hydroxylamine groups is 1. The number of ether oxygens (including phenoxy) is 2. The summed E-state index contributed by atoms with van der Waals surface area (Å²) < 4.78 is 10.9. The quantitative estimate of drug-likeness (QED) is 0.201. The van der Waals surface area contributed by atoms with Crippen LogP contribution in [-0.4, -0.2) is 31.1 Å². The Morgan fingerprint density at radius 3 is 2.31 bits per heavy atom. The van der Waals surface area contributed by atoms with E-state index in [0.29, 0.717) is 31.6 Å². The molecular formula is C28H37NO6. The van der Waals surface area contributed by atoms with Gasteiger partial charge in [-0.05, 0) is 48.9 Å². The summed E-state index contributed by atoms with van der Waals surface area (Å²) in [6.45, 7) is 5.06. The van der Waals surface area contributed by atoms with Crippen LogP contribution < -0.4 is 5.48 Å². The van der Waals surface area contributed by atoms with Crippen molar-refractivity contribution in [2.45, 2.75) is 65.4 Å². The molecule has 35 heavy (non-hydrogen) atoms. The van der Waals surface area contributed by atoms with Crippen molar-refractivity contribution in [3.05, 3.63) is 71.3 Å². The van der Waals surface area contributed by atoms with Crippen LogP contribution in [0.4, 0.5) is 0 Å². The van der Waals surface area contributed by atoms with Gasteiger partial charge in [0.2, 0.25) is 5.91 Å². The Morgan fingerprint density at radius 1 is 0.857 bits per heavy atom. The highest BCUT2D eigenvalue weighted by Gasteiger charge is 2.22. The van der Waals surface area contributed by atoms with Crippen molar-refractivity contribution < 1.29 is 28.7 Å². The average molecular weight is 484 g/mol. The van der Waals surface area contributed by atoms with E-state index in [9.17, 15) is 14.4 Å². The number of nitrogens with one attached hydrogen (secondary N) is 1. The van der Waals surface area contributed by atoms with E-state index in [1.807, 2.05) is 50.2 Å². The molecule has 7 heteroatoms. The minimum Gasteiger partial charge on any atom is -0.465 e. The van der Waals surface area contributed by atoms with Gasteiger partial charge < -0.3 is 9.47 Å². The lowest BCUT2D eigenvalue weighted by Crippen LogP contribution is -2.27. The monoisotopic (exact) mass is 483 g/mol. The average Bonchev–Trinajstić information content (AvgIpc) is 2.88. The maximum absolute atomic E-state index is 12.7. The van der Waals surface area contributed by atoms with Gasteiger partial charge in [0.1, 0.15) is 6.61 Å². The van der Waals surface area contributed by atoms with Gasteiger partial charge in [-0.2, -0.15) is 0 Å². The van der Waals surface area contributed by atoms with Crippen LogP contribution in [0.15, 0.2) is 54.6 Å². The van der Waals surface area contributed by atoms with Gasteiger partial charge in [0.05, 0.1) is 24.7 Å². The molecule has 2 rings (SSSR count). The highest BCUT2D eigenvalue weighted by atomic mass is 16.6. The molecule has 0 bridgehead atoms. The van der Waals surface area contributed by atoms with Gasteiger partial charge in [-0.25, -0.2) is 10.3 Å². The Balaban J connectivity index is 1.98. The fourth-order valence-corrected chi connectivity index (χ4v) is 3.36. The molecule has 1 atom stereocenters. The Kier molecular flexibility index (Phi) is 13.2. The first kappa shape index (κ1) is 28.1. The predicted molar refractivity (Wildman–Crippen MR) is 133 cm³/mol. The summed E-state index contributed by atoms with van der Waals surface area (Å²) in [6.07, 6.45) is 4.34. The number of rotatable bonds is 16. The van der Waals surface area contributed by atoms with Crippen LogP contribution in [-0.2, 0) is 36.9 Å². The normalized spacial score (nSPS) is 11.5. The largest absolute Gasteiger partial charge is 0.465 e. The Bertz CT molecular complexity index is 915. The molecule has 0 fully saturated rings. The van der Waals surface area contributed by atoms with Gasteiger partial charge in [0.15, 0.2) is 0 Å². The lowest BCUT2D eigenvalue weighted by molar-refractivity contribution is -0.149. The van der Waals surface area contributed by atoms with E-state index in [-0.39, 0.29) is 24.9 Å². The van der Waals surface area contributed by atoms with Crippen molar-refractivity contribution in [2.75, 3.05) is 13.2 Å². The highest BCUT2D eigenvalue weighted by Crippen LogP contribution is 2.19. The van der Waals surface area contributed by atoms with Crippen molar-refractivity contribution in [1.82, 2.24) is 5.48 Å². The van der Waals surface area contributed by atoms with Crippen LogP contribution in [0.25, 0.3) is 0 Å². The van der Waals surface area contributed by atoms with Gasteiger partial charge in [0.25, 0.3) is 0 Å². The van der Waals surface area contributed by atoms with E-state index in [1.165, 1.54) is 0 Å². The molecule has 0 saturated carbocycles. The minimum atomic E-state index is -0.510. The fourth-order valence-electron chi connectivity index (χ4n) is 3.36. The number of carbonyl (C=O) groups is 3. The molecule has 190 valence electrons. The summed E-state index contributed by atoms with van der Waals surface area (Å²) in [7, 11) is 0. The molecule has 1 amide bonds. The third-order valence-corrected chi connectivity index (χ3v) is 5.44. The second-order valence-electron chi connectivity index (χ2n) is 8.45. The van der Waals surface area contributed by atoms with Crippen LogP contribution in [0.5, 0.6) is 0 Å². The van der Waals surface area contributed by atoms with Gasteiger partial charge in [-0.1, -0.05) is 69.2 Å². The van der Waals surface area contributed by atoms with Crippen LogP contribution in [0.1, 0.15) is 73.9 Å². The van der Waals surface area contributed by atoms with E-state index < -0.39 is 11.9 Å².